The van der Waals surface area contributed by atoms with Crippen molar-refractivity contribution in [3.63, 3.8) is 0 Å². The molecule has 1 N–H and O–H groups in total. The third-order valence-corrected chi connectivity index (χ3v) is 1.48. The van der Waals surface area contributed by atoms with E-state index in [2.05, 4.69) is 22.6 Å². The molecule has 0 aliphatic rings. The van der Waals surface area contributed by atoms with Crippen LogP contribution in [-0.4, -0.2) is 5.11 Å². The SMILES string of the molecule is Oc1cccc([125I])c1. The first-order chi connectivity index (χ1) is 3.79. The Labute approximate surface area is 61.5 Å². The number of halogens is 1. The van der Waals surface area contributed by atoms with E-state index >= 15 is 0 Å². The summed E-state index contributed by atoms with van der Waals surface area (Å²) < 4.78 is 1.06. The molecule has 0 bridgehead atoms. The van der Waals surface area contributed by atoms with Crippen molar-refractivity contribution >= 4 is 22.6 Å². The first kappa shape index (κ1) is 5.88. The van der Waals surface area contributed by atoms with Crippen molar-refractivity contribution < 1.29 is 5.11 Å². The topological polar surface area (TPSA) is 20.2 Å². The van der Waals surface area contributed by atoms with Gasteiger partial charge in [-0.25, -0.2) is 0 Å². The summed E-state index contributed by atoms with van der Waals surface area (Å²) in [7, 11) is 0. The van der Waals surface area contributed by atoms with Gasteiger partial charge >= 0.3 is 0 Å². The Hall–Kier alpha value is -0.250. The van der Waals surface area contributed by atoms with E-state index in [4.69, 9.17) is 5.11 Å². The fraction of sp³-hybridized carbons (Fsp3) is 0. The quantitative estimate of drug-likeness (QED) is 0.660. The lowest BCUT2D eigenvalue weighted by Gasteiger charge is -1.88. The van der Waals surface area contributed by atoms with Crippen molar-refractivity contribution in [2.24, 2.45) is 0 Å². The Morgan fingerprint density at radius 3 is 2.50 bits per heavy atom. The number of benzene rings is 1. The molecule has 0 saturated carbocycles. The molecule has 0 fully saturated rings. The second-order valence-corrected chi connectivity index (χ2v) is 2.73. The standard InChI is InChI=1S/C6H5IO/c7-5-2-1-3-6(8)4-5/h1-4,8H/i7-2. The molecular weight excluding hydrogens is 213 g/mol. The fourth-order valence-electron chi connectivity index (χ4n) is 0.476. The average molecular weight is 218 g/mol. The van der Waals surface area contributed by atoms with Gasteiger partial charge in [0.15, 0.2) is 0 Å². The summed E-state index contributed by atoms with van der Waals surface area (Å²) in [5.74, 6) is 0.330. The minimum atomic E-state index is 0.330. The lowest BCUT2D eigenvalue weighted by Crippen LogP contribution is -1.65. The maximum Gasteiger partial charge on any atom is 0.116 e. The Bertz CT molecular complexity index is 168. The van der Waals surface area contributed by atoms with E-state index in [1.807, 2.05) is 12.1 Å². The van der Waals surface area contributed by atoms with Crippen LogP contribution in [0.25, 0.3) is 0 Å². The molecule has 0 amide bonds. The van der Waals surface area contributed by atoms with Crippen molar-refractivity contribution in [3.05, 3.63) is 27.8 Å². The van der Waals surface area contributed by atoms with Crippen molar-refractivity contribution in [2.45, 2.75) is 0 Å². The molecule has 0 heterocycles. The second kappa shape index (κ2) is 2.35. The van der Waals surface area contributed by atoms with Gasteiger partial charge in [-0.1, -0.05) is 6.07 Å². The monoisotopic (exact) mass is 218 g/mol. The molecule has 0 aliphatic carbocycles. The predicted octanol–water partition coefficient (Wildman–Crippen LogP) is 2.00. The van der Waals surface area contributed by atoms with Crippen molar-refractivity contribution in [1.82, 2.24) is 0 Å². The van der Waals surface area contributed by atoms with Gasteiger partial charge in [-0.15, -0.1) is 0 Å². The highest BCUT2D eigenvalue weighted by Gasteiger charge is 1.84. The van der Waals surface area contributed by atoms with Gasteiger partial charge in [0.05, 0.1) is 0 Å². The van der Waals surface area contributed by atoms with Crippen LogP contribution in [0.2, 0.25) is 0 Å². The van der Waals surface area contributed by atoms with Gasteiger partial charge in [0.2, 0.25) is 0 Å². The van der Waals surface area contributed by atoms with Crippen molar-refractivity contribution in [3.8, 4) is 5.75 Å². The number of aromatic hydroxyl groups is 1. The van der Waals surface area contributed by atoms with Crippen molar-refractivity contribution in [1.29, 1.82) is 0 Å². The van der Waals surface area contributed by atoms with Crippen molar-refractivity contribution in [2.75, 3.05) is 0 Å². The molecule has 42 valence electrons. The van der Waals surface area contributed by atoms with E-state index in [-0.39, 0.29) is 0 Å². The maximum atomic E-state index is 8.81. The first-order valence-corrected chi connectivity index (χ1v) is 3.31. The summed E-state index contributed by atoms with van der Waals surface area (Å²) in [6.45, 7) is 0. The number of phenols is 1. The number of hydrogen-bond donors (Lipinski definition) is 1. The summed E-state index contributed by atoms with van der Waals surface area (Å²) in [5.41, 5.74) is 0. The maximum absolute atomic E-state index is 8.81. The van der Waals surface area contributed by atoms with Gasteiger partial charge in [-0.05, 0) is 40.8 Å². The Morgan fingerprint density at radius 1 is 1.38 bits per heavy atom. The van der Waals surface area contributed by atoms with E-state index in [9.17, 15) is 0 Å². The first-order valence-electron chi connectivity index (χ1n) is 2.23. The largest absolute Gasteiger partial charge is 0.508 e. The van der Waals surface area contributed by atoms with Gasteiger partial charge in [-0.3, -0.25) is 0 Å². The molecule has 0 aromatic heterocycles. The van der Waals surface area contributed by atoms with Gasteiger partial charge in [-0.2, -0.15) is 0 Å². The summed E-state index contributed by atoms with van der Waals surface area (Å²) in [6, 6.07) is 7.11. The minimum Gasteiger partial charge on any atom is -0.508 e. The second-order valence-electron chi connectivity index (χ2n) is 1.48. The van der Waals surface area contributed by atoms with Crippen LogP contribution in [0, 0.1) is 3.57 Å². The molecule has 1 aromatic rings. The highest BCUT2D eigenvalue weighted by molar-refractivity contribution is 14.1. The fourth-order valence-corrected chi connectivity index (χ4v) is 1.00. The lowest BCUT2D eigenvalue weighted by molar-refractivity contribution is 0.475. The highest BCUT2D eigenvalue weighted by Crippen LogP contribution is 2.11. The molecule has 0 unspecified atom stereocenters. The predicted molar refractivity (Wildman–Crippen MR) is 40.8 cm³/mol. The Morgan fingerprint density at radius 2 is 2.12 bits per heavy atom. The van der Waals surface area contributed by atoms with E-state index in [0.29, 0.717) is 5.75 Å². The number of hydrogen-bond acceptors (Lipinski definition) is 1. The highest BCUT2D eigenvalue weighted by atomic mass is 125. The zero-order valence-electron chi connectivity index (χ0n) is 4.13. The van der Waals surface area contributed by atoms with Crippen LogP contribution in [0.4, 0.5) is 0 Å². The molecule has 0 spiro atoms. The molecule has 2 heteroatoms. The lowest BCUT2D eigenvalue weighted by atomic mass is 10.3. The molecule has 1 rings (SSSR count). The van der Waals surface area contributed by atoms with Crippen LogP contribution in [-0.2, 0) is 0 Å². The molecule has 0 radical (unpaired) electrons. The summed E-state index contributed by atoms with van der Waals surface area (Å²) in [5, 5.41) is 8.81. The molecule has 0 atom stereocenters. The van der Waals surface area contributed by atoms with Gasteiger partial charge in [0, 0.05) is 3.57 Å². The van der Waals surface area contributed by atoms with Gasteiger partial charge in [0.1, 0.15) is 5.75 Å². The zero-order chi connectivity index (χ0) is 5.98. The zero-order valence-corrected chi connectivity index (χ0v) is 6.29. The third kappa shape index (κ3) is 1.36. The summed E-state index contributed by atoms with van der Waals surface area (Å²) in [6.07, 6.45) is 0. The number of rotatable bonds is 0. The smallest absolute Gasteiger partial charge is 0.116 e. The molecule has 8 heavy (non-hydrogen) atoms. The minimum absolute atomic E-state index is 0.330. The van der Waals surface area contributed by atoms with Crippen LogP contribution in [0.15, 0.2) is 24.3 Å². The third-order valence-electron chi connectivity index (χ3n) is 0.808. The van der Waals surface area contributed by atoms with Crippen LogP contribution >= 0.6 is 22.6 Å². The van der Waals surface area contributed by atoms with Crippen LogP contribution in [0.1, 0.15) is 0 Å². The van der Waals surface area contributed by atoms with Crippen LogP contribution in [0.3, 0.4) is 0 Å². The van der Waals surface area contributed by atoms with Crippen LogP contribution in [0.5, 0.6) is 5.75 Å². The van der Waals surface area contributed by atoms with E-state index < -0.39 is 0 Å². The van der Waals surface area contributed by atoms with Gasteiger partial charge in [0.25, 0.3) is 0 Å². The summed E-state index contributed by atoms with van der Waals surface area (Å²) >= 11 is 2.15. The van der Waals surface area contributed by atoms with Crippen LogP contribution < -0.4 is 0 Å². The molecule has 0 aliphatic heterocycles. The molecule has 0 saturated heterocycles. The average Bonchev–Trinajstić information content (AvgIpc) is 1.64. The Balaban J connectivity index is 3.08. The van der Waals surface area contributed by atoms with Gasteiger partial charge < -0.3 is 5.11 Å². The normalized spacial score (nSPS) is 9.12. The van der Waals surface area contributed by atoms with E-state index in [0.717, 1.165) is 3.57 Å². The number of phenolic OH excluding ortho intramolecular Hbond substituents is 1. The summed E-state index contributed by atoms with van der Waals surface area (Å²) in [4.78, 5) is 0. The molecule has 1 aromatic carbocycles. The van der Waals surface area contributed by atoms with E-state index in [1.165, 1.54) is 0 Å². The van der Waals surface area contributed by atoms with E-state index in [1.54, 1.807) is 12.1 Å². The molecule has 1 nitrogen and oxygen atoms in total. The molecular formula is C6H5IO. The Kier molecular flexibility index (Phi) is 1.73.